The third-order valence-corrected chi connectivity index (χ3v) is 5.95. The van der Waals surface area contributed by atoms with Gasteiger partial charge in [0.05, 0.1) is 18.1 Å². The van der Waals surface area contributed by atoms with Crippen molar-refractivity contribution in [3.8, 4) is 0 Å². The van der Waals surface area contributed by atoms with E-state index in [1.165, 1.54) is 0 Å². The summed E-state index contributed by atoms with van der Waals surface area (Å²) >= 11 is 0. The largest absolute Gasteiger partial charge is 0.462 e. The second kappa shape index (κ2) is 9.37. The molecule has 6 atom stereocenters. The summed E-state index contributed by atoms with van der Waals surface area (Å²) in [4.78, 5) is 24.2. The summed E-state index contributed by atoms with van der Waals surface area (Å²) in [5.41, 5.74) is 0.507. The van der Waals surface area contributed by atoms with Crippen molar-refractivity contribution in [3.63, 3.8) is 0 Å². The molecule has 152 valence electrons. The Bertz CT molecular complexity index is 698. The highest BCUT2D eigenvalue weighted by Gasteiger charge is 2.50. The molecule has 1 saturated carbocycles. The normalized spacial score (nSPS) is 28.8. The smallest absolute Gasteiger partial charge is 0.338 e. The van der Waals surface area contributed by atoms with Gasteiger partial charge in [-0.2, -0.15) is 0 Å². The lowest BCUT2D eigenvalue weighted by Crippen LogP contribution is -2.25. The fraction of sp³-hybridized carbons (Fsp3) is 0.565. The molecule has 0 radical (unpaired) electrons. The van der Waals surface area contributed by atoms with Crippen LogP contribution in [0.2, 0.25) is 0 Å². The van der Waals surface area contributed by atoms with Gasteiger partial charge in [-0.3, -0.25) is 4.79 Å². The predicted octanol–water partition coefficient (Wildman–Crippen LogP) is 3.91. The summed E-state index contributed by atoms with van der Waals surface area (Å²) < 4.78 is 11.2. The van der Waals surface area contributed by atoms with E-state index in [1.807, 2.05) is 19.1 Å². The van der Waals surface area contributed by atoms with E-state index in [0.29, 0.717) is 18.4 Å². The Balaban J connectivity index is 1.69. The molecule has 1 aromatic carbocycles. The van der Waals surface area contributed by atoms with E-state index in [2.05, 4.69) is 6.92 Å². The van der Waals surface area contributed by atoms with E-state index < -0.39 is 6.10 Å². The van der Waals surface area contributed by atoms with Crippen molar-refractivity contribution in [2.45, 2.75) is 64.3 Å². The average Bonchev–Trinajstić information content (AvgIpc) is 3.20. The maximum atomic E-state index is 12.5. The summed E-state index contributed by atoms with van der Waals surface area (Å²) in [5, 5.41) is 10.5. The van der Waals surface area contributed by atoms with Crippen molar-refractivity contribution in [2.75, 3.05) is 0 Å². The zero-order valence-corrected chi connectivity index (χ0v) is 16.6. The molecule has 0 spiro atoms. The maximum absolute atomic E-state index is 12.5. The second-order valence-corrected chi connectivity index (χ2v) is 8.01. The maximum Gasteiger partial charge on any atom is 0.338 e. The fourth-order valence-corrected chi connectivity index (χ4v) is 4.20. The lowest BCUT2D eigenvalue weighted by atomic mass is 9.90. The molecular weight excluding hydrogens is 356 g/mol. The fourth-order valence-electron chi connectivity index (χ4n) is 4.20. The first-order valence-corrected chi connectivity index (χ1v) is 10.3. The first kappa shape index (κ1) is 20.6. The van der Waals surface area contributed by atoms with Crippen LogP contribution in [0.25, 0.3) is 0 Å². The van der Waals surface area contributed by atoms with Crippen LogP contribution in [0.3, 0.4) is 0 Å². The molecule has 0 amide bonds. The average molecular weight is 386 g/mol. The van der Waals surface area contributed by atoms with Gasteiger partial charge in [-0.1, -0.05) is 57.0 Å². The number of fused-ring (bicyclic) bond motifs is 1. The molecule has 2 fully saturated rings. The van der Waals surface area contributed by atoms with Crippen LogP contribution in [-0.2, 0) is 14.3 Å². The molecule has 2 aliphatic rings. The van der Waals surface area contributed by atoms with Crippen molar-refractivity contribution >= 4 is 11.9 Å². The van der Waals surface area contributed by atoms with Gasteiger partial charge in [-0.25, -0.2) is 4.79 Å². The summed E-state index contributed by atoms with van der Waals surface area (Å²) in [5.74, 6) is -0.530. The number of benzene rings is 1. The molecule has 1 saturated heterocycles. The van der Waals surface area contributed by atoms with Gasteiger partial charge in [0.15, 0.2) is 0 Å². The van der Waals surface area contributed by atoms with E-state index in [0.717, 1.165) is 19.3 Å². The van der Waals surface area contributed by atoms with E-state index in [4.69, 9.17) is 9.47 Å². The predicted molar refractivity (Wildman–Crippen MR) is 106 cm³/mol. The van der Waals surface area contributed by atoms with E-state index in [9.17, 15) is 14.7 Å². The van der Waals surface area contributed by atoms with Crippen LogP contribution >= 0.6 is 0 Å². The molecule has 1 unspecified atom stereocenters. The van der Waals surface area contributed by atoms with Gasteiger partial charge in [0.25, 0.3) is 0 Å². The number of ether oxygens (including phenoxy) is 2. The van der Waals surface area contributed by atoms with Crippen molar-refractivity contribution in [1.29, 1.82) is 0 Å². The molecule has 5 nitrogen and oxygen atoms in total. The van der Waals surface area contributed by atoms with Crippen LogP contribution < -0.4 is 0 Å². The number of hydrogen-bond acceptors (Lipinski definition) is 5. The first-order valence-electron chi connectivity index (χ1n) is 10.3. The van der Waals surface area contributed by atoms with E-state index in [1.54, 1.807) is 30.3 Å². The summed E-state index contributed by atoms with van der Waals surface area (Å²) in [6.45, 7) is 4.17. The Morgan fingerprint density at radius 1 is 1.36 bits per heavy atom. The highest BCUT2D eigenvalue weighted by molar-refractivity contribution is 5.89. The number of unbranched alkanes of at least 4 members (excludes halogenated alkanes) is 1. The monoisotopic (exact) mass is 386 g/mol. The van der Waals surface area contributed by atoms with Gasteiger partial charge in [-0.05, 0) is 24.5 Å². The SMILES string of the molecule is CCCCC(C)[C@@H](O)/C=C/[C@@H]1[C@H]2CC(=O)O[C@H]2C[C@H]1OC(=O)c1ccccc1. The lowest BCUT2D eigenvalue weighted by Gasteiger charge is -2.21. The molecule has 3 rings (SSSR count). The molecule has 1 aliphatic heterocycles. The molecule has 0 aromatic heterocycles. The number of carbonyl (C=O) groups excluding carboxylic acids is 2. The lowest BCUT2D eigenvalue weighted by molar-refractivity contribution is -0.141. The van der Waals surface area contributed by atoms with E-state index in [-0.39, 0.29) is 41.9 Å². The van der Waals surface area contributed by atoms with Gasteiger partial charge in [0.1, 0.15) is 12.2 Å². The Kier molecular flexibility index (Phi) is 6.89. The molecule has 1 heterocycles. The zero-order valence-electron chi connectivity index (χ0n) is 16.6. The van der Waals surface area contributed by atoms with Gasteiger partial charge in [-0.15, -0.1) is 0 Å². The quantitative estimate of drug-likeness (QED) is 0.542. The van der Waals surface area contributed by atoms with Gasteiger partial charge >= 0.3 is 11.9 Å². The minimum atomic E-state index is -0.547. The van der Waals surface area contributed by atoms with Crippen molar-refractivity contribution < 1.29 is 24.2 Å². The standard InChI is InChI=1S/C23H30O5/c1-3-4-8-15(2)19(24)12-11-17-18-13-22(25)27-21(18)14-20(17)28-23(26)16-9-6-5-7-10-16/h5-7,9-12,15,17-21,24H,3-4,8,13-14H2,1-2H3/b12-11+/t15?,17-,18-,19+,20-,21+/m1/s1. The Hall–Kier alpha value is -2.14. The Morgan fingerprint density at radius 3 is 2.82 bits per heavy atom. The summed E-state index contributed by atoms with van der Waals surface area (Å²) in [6, 6.07) is 8.90. The Morgan fingerprint density at radius 2 is 2.11 bits per heavy atom. The first-order chi connectivity index (χ1) is 13.5. The molecule has 0 bridgehead atoms. The third-order valence-electron chi connectivity index (χ3n) is 5.95. The molecular formula is C23H30O5. The number of aliphatic hydroxyl groups excluding tert-OH is 1. The van der Waals surface area contributed by atoms with Crippen molar-refractivity contribution in [1.82, 2.24) is 0 Å². The Labute approximate surface area is 166 Å². The molecule has 28 heavy (non-hydrogen) atoms. The van der Waals surface area contributed by atoms with Gasteiger partial charge in [0, 0.05) is 18.3 Å². The molecule has 5 heteroatoms. The summed E-state index contributed by atoms with van der Waals surface area (Å²) in [7, 11) is 0. The number of hydrogen-bond donors (Lipinski definition) is 1. The number of carbonyl (C=O) groups is 2. The second-order valence-electron chi connectivity index (χ2n) is 8.01. The van der Waals surface area contributed by atoms with Crippen LogP contribution in [0.4, 0.5) is 0 Å². The van der Waals surface area contributed by atoms with Crippen LogP contribution in [0.5, 0.6) is 0 Å². The molecule has 1 N–H and O–H groups in total. The number of esters is 2. The van der Waals surface area contributed by atoms with Crippen LogP contribution in [0.1, 0.15) is 56.3 Å². The molecule has 1 aliphatic carbocycles. The van der Waals surface area contributed by atoms with Crippen LogP contribution in [0.15, 0.2) is 42.5 Å². The summed E-state index contributed by atoms with van der Waals surface area (Å²) in [6.07, 6.45) is 6.61. The van der Waals surface area contributed by atoms with Gasteiger partial charge < -0.3 is 14.6 Å². The van der Waals surface area contributed by atoms with Gasteiger partial charge in [0.2, 0.25) is 0 Å². The zero-order chi connectivity index (χ0) is 20.1. The minimum absolute atomic E-state index is 0.00419. The molecule has 1 aromatic rings. The van der Waals surface area contributed by atoms with E-state index >= 15 is 0 Å². The highest BCUT2D eigenvalue weighted by Crippen LogP contribution is 2.43. The van der Waals surface area contributed by atoms with Crippen molar-refractivity contribution in [3.05, 3.63) is 48.0 Å². The van der Waals surface area contributed by atoms with Crippen LogP contribution in [0, 0.1) is 17.8 Å². The number of aliphatic hydroxyl groups is 1. The topological polar surface area (TPSA) is 72.8 Å². The van der Waals surface area contributed by atoms with Crippen molar-refractivity contribution in [2.24, 2.45) is 17.8 Å². The third kappa shape index (κ3) is 4.82. The minimum Gasteiger partial charge on any atom is -0.462 e. The van der Waals surface area contributed by atoms with Crippen LogP contribution in [-0.4, -0.2) is 35.4 Å². The highest BCUT2D eigenvalue weighted by atomic mass is 16.6. The number of rotatable bonds is 8.